The van der Waals surface area contributed by atoms with Crippen LogP contribution < -0.4 is 0 Å². The van der Waals surface area contributed by atoms with E-state index in [1.165, 1.54) is 0 Å². The van der Waals surface area contributed by atoms with Crippen molar-refractivity contribution in [2.75, 3.05) is 7.11 Å². The molecule has 0 saturated heterocycles. The van der Waals surface area contributed by atoms with Crippen LogP contribution in [-0.4, -0.2) is 7.11 Å². The van der Waals surface area contributed by atoms with Gasteiger partial charge in [-0.1, -0.05) is 6.07 Å². The van der Waals surface area contributed by atoms with Crippen LogP contribution in [0.1, 0.15) is 11.3 Å². The fourth-order valence-electron chi connectivity index (χ4n) is 1.40. The van der Waals surface area contributed by atoms with E-state index in [1.54, 1.807) is 13.2 Å². The molecule has 0 aliphatic heterocycles. The van der Waals surface area contributed by atoms with Crippen molar-refractivity contribution >= 4 is 11.0 Å². The molecule has 3 nitrogen and oxygen atoms in total. The first-order chi connectivity index (χ1) is 6.83. The Labute approximate surface area is 81.5 Å². The predicted molar refractivity (Wildman–Crippen MR) is 51.6 cm³/mol. The molecule has 0 bridgehead atoms. The number of hydrogen-bond donors (Lipinski definition) is 0. The largest absolute Gasteiger partial charge is 0.446 e. The van der Waals surface area contributed by atoms with Crippen molar-refractivity contribution in [1.82, 2.24) is 0 Å². The van der Waals surface area contributed by atoms with E-state index in [4.69, 9.17) is 14.4 Å². The maximum Gasteiger partial charge on any atom is 0.204 e. The highest BCUT2D eigenvalue weighted by atomic mass is 16.5. The zero-order valence-electron chi connectivity index (χ0n) is 7.78. The minimum Gasteiger partial charge on any atom is -0.446 e. The van der Waals surface area contributed by atoms with Crippen LogP contribution >= 0.6 is 0 Å². The van der Waals surface area contributed by atoms with Crippen molar-refractivity contribution in [1.29, 1.82) is 5.26 Å². The number of nitrogens with zero attached hydrogens (tertiary/aromatic N) is 1. The summed E-state index contributed by atoms with van der Waals surface area (Å²) in [5.74, 6) is 0.342. The van der Waals surface area contributed by atoms with Gasteiger partial charge in [0.2, 0.25) is 5.76 Å². The lowest BCUT2D eigenvalue weighted by Crippen LogP contribution is -1.85. The van der Waals surface area contributed by atoms with Gasteiger partial charge in [-0.2, -0.15) is 5.26 Å². The molecule has 0 atom stereocenters. The lowest BCUT2D eigenvalue weighted by atomic mass is 10.2. The minimum absolute atomic E-state index is 0.342. The smallest absolute Gasteiger partial charge is 0.204 e. The molecule has 0 aliphatic carbocycles. The van der Waals surface area contributed by atoms with E-state index in [0.29, 0.717) is 12.4 Å². The van der Waals surface area contributed by atoms with Gasteiger partial charge >= 0.3 is 0 Å². The van der Waals surface area contributed by atoms with Gasteiger partial charge in [-0.3, -0.25) is 0 Å². The minimum atomic E-state index is 0.342. The number of hydrogen-bond acceptors (Lipinski definition) is 3. The van der Waals surface area contributed by atoms with Crippen molar-refractivity contribution in [2.24, 2.45) is 0 Å². The monoisotopic (exact) mass is 187 g/mol. The first-order valence-electron chi connectivity index (χ1n) is 4.25. The van der Waals surface area contributed by atoms with Gasteiger partial charge in [0.15, 0.2) is 0 Å². The average Bonchev–Trinajstić information content (AvgIpc) is 2.60. The van der Waals surface area contributed by atoms with E-state index in [1.807, 2.05) is 24.3 Å². The Bertz CT molecular complexity index is 493. The molecule has 0 saturated carbocycles. The van der Waals surface area contributed by atoms with Crippen LogP contribution in [0.25, 0.3) is 11.0 Å². The molecule has 0 amide bonds. The van der Waals surface area contributed by atoms with Gasteiger partial charge in [0, 0.05) is 18.6 Å². The number of methoxy groups -OCH3 is 1. The van der Waals surface area contributed by atoms with Crippen LogP contribution in [-0.2, 0) is 11.3 Å². The molecule has 3 heteroatoms. The summed E-state index contributed by atoms with van der Waals surface area (Å²) in [6.45, 7) is 0.572. The van der Waals surface area contributed by atoms with Crippen molar-refractivity contribution in [3.05, 3.63) is 35.6 Å². The number of rotatable bonds is 2. The second-order valence-electron chi connectivity index (χ2n) is 3.03. The van der Waals surface area contributed by atoms with Gasteiger partial charge in [0.25, 0.3) is 0 Å². The molecule has 2 rings (SSSR count). The van der Waals surface area contributed by atoms with Gasteiger partial charge in [-0.25, -0.2) is 0 Å². The van der Waals surface area contributed by atoms with Gasteiger partial charge in [-0.05, 0) is 17.7 Å². The van der Waals surface area contributed by atoms with Crippen molar-refractivity contribution in [2.45, 2.75) is 6.61 Å². The van der Waals surface area contributed by atoms with E-state index < -0.39 is 0 Å². The van der Waals surface area contributed by atoms with Crippen LogP contribution in [0, 0.1) is 11.3 Å². The first-order valence-corrected chi connectivity index (χ1v) is 4.25. The second-order valence-corrected chi connectivity index (χ2v) is 3.03. The molecule has 1 heterocycles. The summed E-state index contributed by atoms with van der Waals surface area (Å²) in [6, 6.07) is 9.44. The van der Waals surface area contributed by atoms with Crippen molar-refractivity contribution in [3.63, 3.8) is 0 Å². The number of ether oxygens (including phenoxy) is 1. The van der Waals surface area contributed by atoms with E-state index in [2.05, 4.69) is 0 Å². The molecular formula is C11H9NO2. The summed E-state index contributed by atoms with van der Waals surface area (Å²) >= 11 is 0. The third-order valence-corrected chi connectivity index (χ3v) is 2.00. The molecule has 2 aromatic rings. The van der Waals surface area contributed by atoms with Crippen LogP contribution in [0.15, 0.2) is 28.7 Å². The summed E-state index contributed by atoms with van der Waals surface area (Å²) in [5.41, 5.74) is 1.81. The van der Waals surface area contributed by atoms with Gasteiger partial charge in [-0.15, -0.1) is 0 Å². The maximum atomic E-state index is 8.64. The molecular weight excluding hydrogens is 178 g/mol. The van der Waals surface area contributed by atoms with Crippen LogP contribution in [0.5, 0.6) is 0 Å². The topological polar surface area (TPSA) is 46.2 Å². The molecule has 0 spiro atoms. The number of furan rings is 1. The van der Waals surface area contributed by atoms with Gasteiger partial charge in [0.1, 0.15) is 11.7 Å². The fraction of sp³-hybridized carbons (Fsp3) is 0.182. The Kier molecular flexibility index (Phi) is 2.21. The molecule has 0 radical (unpaired) electrons. The summed E-state index contributed by atoms with van der Waals surface area (Å²) < 4.78 is 10.3. The van der Waals surface area contributed by atoms with Crippen LogP contribution in [0.4, 0.5) is 0 Å². The highest BCUT2D eigenvalue weighted by molar-refractivity contribution is 5.79. The second kappa shape index (κ2) is 3.52. The van der Waals surface area contributed by atoms with Crippen LogP contribution in [0.3, 0.4) is 0 Å². The molecule has 0 aliphatic rings. The number of nitriles is 1. The molecule has 0 N–H and O–H groups in total. The van der Waals surface area contributed by atoms with E-state index in [-0.39, 0.29) is 0 Å². The Morgan fingerprint density at radius 2 is 2.29 bits per heavy atom. The number of fused-ring (bicyclic) bond motifs is 1. The lowest BCUT2D eigenvalue weighted by molar-refractivity contribution is 0.185. The summed E-state index contributed by atoms with van der Waals surface area (Å²) in [4.78, 5) is 0. The third kappa shape index (κ3) is 1.48. The normalized spacial score (nSPS) is 10.3. The standard InChI is InChI=1S/C11H9NO2/c1-13-7-8-2-3-11-9(4-8)5-10(6-12)14-11/h2-5H,7H2,1H3. The van der Waals surface area contributed by atoms with Gasteiger partial charge in [0.05, 0.1) is 6.61 Å². The zero-order chi connectivity index (χ0) is 9.97. The summed E-state index contributed by atoms with van der Waals surface area (Å²) in [5, 5.41) is 9.58. The molecule has 14 heavy (non-hydrogen) atoms. The van der Waals surface area contributed by atoms with Crippen LogP contribution in [0.2, 0.25) is 0 Å². The van der Waals surface area contributed by atoms with E-state index in [9.17, 15) is 0 Å². The summed E-state index contributed by atoms with van der Waals surface area (Å²) in [7, 11) is 1.65. The molecule has 0 unspecified atom stereocenters. The number of benzene rings is 1. The van der Waals surface area contributed by atoms with Crippen molar-refractivity contribution < 1.29 is 9.15 Å². The fourth-order valence-corrected chi connectivity index (χ4v) is 1.40. The van der Waals surface area contributed by atoms with E-state index >= 15 is 0 Å². The highest BCUT2D eigenvalue weighted by Crippen LogP contribution is 2.20. The third-order valence-electron chi connectivity index (χ3n) is 2.00. The molecule has 70 valence electrons. The Hall–Kier alpha value is -1.79. The zero-order valence-corrected chi connectivity index (χ0v) is 7.78. The predicted octanol–water partition coefficient (Wildman–Crippen LogP) is 2.45. The summed E-state index contributed by atoms with van der Waals surface area (Å²) in [6.07, 6.45) is 0. The SMILES string of the molecule is COCc1ccc2oc(C#N)cc2c1. The molecule has 1 aromatic heterocycles. The average molecular weight is 187 g/mol. The van der Waals surface area contributed by atoms with Gasteiger partial charge < -0.3 is 9.15 Å². The highest BCUT2D eigenvalue weighted by Gasteiger charge is 2.03. The first kappa shape index (κ1) is 8.79. The van der Waals surface area contributed by atoms with E-state index in [0.717, 1.165) is 16.5 Å². The molecule has 0 fully saturated rings. The molecule has 1 aromatic carbocycles. The maximum absolute atomic E-state index is 8.64. The quantitative estimate of drug-likeness (QED) is 0.725. The Balaban J connectivity index is 2.50. The Morgan fingerprint density at radius 1 is 1.43 bits per heavy atom. The Morgan fingerprint density at radius 3 is 3.00 bits per heavy atom. The van der Waals surface area contributed by atoms with Crippen molar-refractivity contribution in [3.8, 4) is 6.07 Å². The lowest BCUT2D eigenvalue weighted by Gasteiger charge is -1.97.